The Kier molecular flexibility index (Phi) is 5.15. The zero-order chi connectivity index (χ0) is 21.4. The van der Waals surface area contributed by atoms with Gasteiger partial charge in [-0.2, -0.15) is 9.37 Å². The van der Waals surface area contributed by atoms with E-state index < -0.39 is 6.08 Å². The van der Waals surface area contributed by atoms with Crippen molar-refractivity contribution in [1.82, 2.24) is 24.5 Å². The predicted octanol–water partition coefficient (Wildman–Crippen LogP) is 4.30. The van der Waals surface area contributed by atoms with Gasteiger partial charge in [0.1, 0.15) is 5.82 Å². The monoisotopic (exact) mass is 437 g/mol. The van der Waals surface area contributed by atoms with Crippen LogP contribution in [0.15, 0.2) is 48.9 Å². The summed E-state index contributed by atoms with van der Waals surface area (Å²) in [5.41, 5.74) is 2.81. The van der Waals surface area contributed by atoms with Crippen LogP contribution in [0.4, 0.5) is 16.2 Å². The first-order chi connectivity index (χ1) is 15.1. The number of nitrogens with one attached hydrogen (secondary N) is 1. The molecule has 0 unspecified atom stereocenters. The van der Waals surface area contributed by atoms with Crippen LogP contribution in [0.3, 0.4) is 0 Å². The van der Waals surface area contributed by atoms with Gasteiger partial charge in [-0.1, -0.05) is 29.8 Å². The van der Waals surface area contributed by atoms with E-state index in [1.54, 1.807) is 12.3 Å². The van der Waals surface area contributed by atoms with Gasteiger partial charge in [-0.15, -0.1) is 0 Å². The summed E-state index contributed by atoms with van der Waals surface area (Å²) in [6.07, 6.45) is 6.16. The lowest BCUT2D eigenvalue weighted by molar-refractivity contribution is 0.506. The zero-order valence-electron chi connectivity index (χ0n) is 17.0. The molecule has 0 amide bonds. The van der Waals surface area contributed by atoms with Crippen molar-refractivity contribution in [2.24, 2.45) is 7.05 Å². The molecule has 31 heavy (non-hydrogen) atoms. The zero-order valence-corrected chi connectivity index (χ0v) is 17.7. The summed E-state index contributed by atoms with van der Waals surface area (Å²) in [5.74, 6) is 1.17. The van der Waals surface area contributed by atoms with Crippen LogP contribution in [0.1, 0.15) is 12.8 Å². The third-order valence-electron chi connectivity index (χ3n) is 5.66. The minimum Gasteiger partial charge on any atom is -0.356 e. The van der Waals surface area contributed by atoms with Gasteiger partial charge >= 0.3 is 6.08 Å². The standard InChI is InChI=1S/C22H21ClFN7/c1-30-13-16(15-4-2-3-5-18(15)30)20-17(23)12-26-22(29-20)27-14-7-10-31(11-8-14)19-6-9-25-21(24)28-19/h2-6,9,12-14H,7-8,10-11H2,1H3,(H,26,27,29). The maximum atomic E-state index is 13.3. The number of benzene rings is 1. The van der Waals surface area contributed by atoms with Gasteiger partial charge in [-0.25, -0.2) is 15.0 Å². The van der Waals surface area contributed by atoms with Gasteiger partial charge in [0.05, 0.1) is 16.9 Å². The van der Waals surface area contributed by atoms with E-state index in [4.69, 9.17) is 16.6 Å². The van der Waals surface area contributed by atoms with Gasteiger partial charge in [0.15, 0.2) is 0 Å². The van der Waals surface area contributed by atoms with Crippen LogP contribution in [0.2, 0.25) is 5.02 Å². The van der Waals surface area contributed by atoms with Crippen LogP contribution in [-0.4, -0.2) is 43.6 Å². The molecule has 1 saturated heterocycles. The van der Waals surface area contributed by atoms with E-state index in [0.29, 0.717) is 22.5 Å². The summed E-state index contributed by atoms with van der Waals surface area (Å²) < 4.78 is 15.4. The molecule has 5 rings (SSSR count). The first-order valence-corrected chi connectivity index (χ1v) is 10.5. The largest absolute Gasteiger partial charge is 0.356 e. The Labute approximate surface area is 183 Å². The Morgan fingerprint density at radius 3 is 2.71 bits per heavy atom. The number of hydrogen-bond donors (Lipinski definition) is 1. The summed E-state index contributed by atoms with van der Waals surface area (Å²) in [6.45, 7) is 1.52. The number of para-hydroxylation sites is 1. The Hall–Kier alpha value is -3.26. The van der Waals surface area contributed by atoms with Crippen LogP contribution in [0, 0.1) is 6.08 Å². The molecule has 3 aromatic heterocycles. The van der Waals surface area contributed by atoms with E-state index >= 15 is 0 Å². The van der Waals surface area contributed by atoms with Crippen molar-refractivity contribution in [2.45, 2.75) is 18.9 Å². The van der Waals surface area contributed by atoms with E-state index in [0.717, 1.165) is 42.4 Å². The lowest BCUT2D eigenvalue weighted by Gasteiger charge is -2.33. The molecule has 1 aliphatic rings. The number of aromatic nitrogens is 5. The number of anilines is 2. The molecule has 0 bridgehead atoms. The van der Waals surface area contributed by atoms with Crippen molar-refractivity contribution < 1.29 is 4.39 Å². The fourth-order valence-corrected chi connectivity index (χ4v) is 4.29. The van der Waals surface area contributed by atoms with Gasteiger partial charge < -0.3 is 14.8 Å². The summed E-state index contributed by atoms with van der Waals surface area (Å²) >= 11 is 6.47. The topological polar surface area (TPSA) is 71.8 Å². The molecule has 158 valence electrons. The SMILES string of the molecule is Cn1cc(-c2nc(NC3CCN(c4ccnc(F)n4)CC3)ncc2Cl)c2ccccc21. The average molecular weight is 438 g/mol. The van der Waals surface area contributed by atoms with Crippen molar-refractivity contribution in [3.63, 3.8) is 0 Å². The third-order valence-corrected chi connectivity index (χ3v) is 5.94. The van der Waals surface area contributed by atoms with E-state index in [9.17, 15) is 4.39 Å². The van der Waals surface area contributed by atoms with Crippen molar-refractivity contribution in [3.8, 4) is 11.3 Å². The second-order valence-corrected chi connectivity index (χ2v) is 8.06. The number of rotatable bonds is 4. The molecule has 1 N–H and O–H groups in total. The molecule has 1 aromatic carbocycles. The Morgan fingerprint density at radius 1 is 1.10 bits per heavy atom. The highest BCUT2D eigenvalue weighted by Crippen LogP contribution is 2.33. The average Bonchev–Trinajstić information content (AvgIpc) is 3.12. The van der Waals surface area contributed by atoms with Crippen molar-refractivity contribution in [3.05, 3.63) is 60.0 Å². The van der Waals surface area contributed by atoms with Crippen LogP contribution >= 0.6 is 11.6 Å². The lowest BCUT2D eigenvalue weighted by atomic mass is 10.1. The molecule has 0 spiro atoms. The normalized spacial score (nSPS) is 14.9. The summed E-state index contributed by atoms with van der Waals surface area (Å²) in [5, 5.41) is 5.05. The quantitative estimate of drug-likeness (QED) is 0.480. The van der Waals surface area contributed by atoms with Crippen LogP contribution in [0.5, 0.6) is 0 Å². The first-order valence-electron chi connectivity index (χ1n) is 10.2. The molecule has 4 aromatic rings. The molecule has 0 saturated carbocycles. The van der Waals surface area contributed by atoms with Crippen LogP contribution in [-0.2, 0) is 7.05 Å². The molecule has 4 heterocycles. The number of hydrogen-bond acceptors (Lipinski definition) is 6. The number of aryl methyl sites for hydroxylation is 1. The minimum absolute atomic E-state index is 0.212. The number of piperidine rings is 1. The fraction of sp³-hybridized carbons (Fsp3) is 0.273. The number of fused-ring (bicyclic) bond motifs is 1. The molecule has 9 heteroatoms. The summed E-state index contributed by atoms with van der Waals surface area (Å²) in [6, 6.07) is 10.1. The Bertz CT molecular complexity index is 1230. The molecule has 1 fully saturated rings. The summed E-state index contributed by atoms with van der Waals surface area (Å²) in [4.78, 5) is 18.6. The maximum Gasteiger partial charge on any atom is 0.310 e. The minimum atomic E-state index is -0.701. The van der Waals surface area contributed by atoms with Crippen LogP contribution < -0.4 is 10.2 Å². The van der Waals surface area contributed by atoms with E-state index in [2.05, 4.69) is 41.9 Å². The Balaban J connectivity index is 1.33. The van der Waals surface area contributed by atoms with Gasteiger partial charge in [0.2, 0.25) is 5.95 Å². The second-order valence-electron chi connectivity index (χ2n) is 7.65. The van der Waals surface area contributed by atoms with E-state index in [1.807, 2.05) is 25.4 Å². The predicted molar refractivity (Wildman–Crippen MR) is 120 cm³/mol. The van der Waals surface area contributed by atoms with Gasteiger partial charge in [-0.05, 0) is 25.0 Å². The lowest BCUT2D eigenvalue weighted by Crippen LogP contribution is -2.39. The third kappa shape index (κ3) is 3.90. The maximum absolute atomic E-state index is 13.3. The molecular formula is C22H21ClFN7. The first kappa shape index (κ1) is 19.7. The molecule has 7 nitrogen and oxygen atoms in total. The molecule has 0 radical (unpaired) electrons. The number of halogens is 2. The van der Waals surface area contributed by atoms with Crippen molar-refractivity contribution >= 4 is 34.3 Å². The van der Waals surface area contributed by atoms with E-state index in [1.165, 1.54) is 6.20 Å². The highest BCUT2D eigenvalue weighted by molar-refractivity contribution is 6.33. The molecular weight excluding hydrogens is 417 g/mol. The van der Waals surface area contributed by atoms with Gasteiger partial charge in [0.25, 0.3) is 0 Å². The highest BCUT2D eigenvalue weighted by atomic mass is 35.5. The summed E-state index contributed by atoms with van der Waals surface area (Å²) in [7, 11) is 2.01. The smallest absolute Gasteiger partial charge is 0.310 e. The van der Waals surface area contributed by atoms with Gasteiger partial charge in [-0.3, -0.25) is 0 Å². The molecule has 0 aliphatic carbocycles. The van der Waals surface area contributed by atoms with Gasteiger partial charge in [0, 0.05) is 55.0 Å². The highest BCUT2D eigenvalue weighted by Gasteiger charge is 2.22. The second kappa shape index (κ2) is 8.11. The Morgan fingerprint density at radius 2 is 1.90 bits per heavy atom. The molecule has 0 atom stereocenters. The fourth-order valence-electron chi connectivity index (χ4n) is 4.09. The van der Waals surface area contributed by atoms with Crippen molar-refractivity contribution in [1.29, 1.82) is 0 Å². The number of nitrogens with zero attached hydrogens (tertiary/aromatic N) is 6. The van der Waals surface area contributed by atoms with E-state index in [-0.39, 0.29) is 6.04 Å². The van der Waals surface area contributed by atoms with Crippen LogP contribution in [0.25, 0.3) is 22.2 Å². The van der Waals surface area contributed by atoms with Crippen molar-refractivity contribution in [2.75, 3.05) is 23.3 Å². The molecule has 1 aliphatic heterocycles.